The summed E-state index contributed by atoms with van der Waals surface area (Å²) in [7, 11) is 0. The van der Waals surface area contributed by atoms with Gasteiger partial charge in [0, 0.05) is 15.6 Å². The van der Waals surface area contributed by atoms with Gasteiger partial charge in [-0.05, 0) is 30.3 Å². The Morgan fingerprint density at radius 1 is 0.789 bits per heavy atom. The summed E-state index contributed by atoms with van der Waals surface area (Å²) in [4.78, 5) is 23.5. The number of hydrogen-bond donors (Lipinski definition) is 2. The van der Waals surface area contributed by atoms with Crippen LogP contribution in [0.1, 0.15) is 20.7 Å². The monoisotopic (exact) mass is 318 g/mol. The van der Waals surface area contributed by atoms with Crippen LogP contribution in [-0.2, 0) is 0 Å². The van der Waals surface area contributed by atoms with E-state index in [2.05, 4.69) is 26.8 Å². The molecule has 19 heavy (non-hydrogen) atoms. The Morgan fingerprint density at radius 2 is 1.37 bits per heavy atom. The number of hydrogen-bond acceptors (Lipinski definition) is 2. The third-order valence-corrected chi connectivity index (χ3v) is 2.91. The van der Waals surface area contributed by atoms with Crippen LogP contribution in [0, 0.1) is 0 Å². The van der Waals surface area contributed by atoms with Crippen molar-refractivity contribution >= 4 is 27.7 Å². The zero-order chi connectivity index (χ0) is 13.7. The summed E-state index contributed by atoms with van der Waals surface area (Å²) in [6, 6.07) is 15.6. The number of carbonyl (C=O) groups excluding carboxylic acids is 2. The molecule has 0 unspecified atom stereocenters. The standard InChI is InChI=1S/C14H11BrN2O2/c15-12-8-4-7-11(9-12)14(19)17-16-13(18)10-5-2-1-3-6-10/h1-9H,(H,16,18)(H,17,19). The molecule has 5 heteroatoms. The Labute approximate surface area is 118 Å². The highest BCUT2D eigenvalue weighted by Gasteiger charge is 2.08. The van der Waals surface area contributed by atoms with Gasteiger partial charge in [0.05, 0.1) is 0 Å². The maximum Gasteiger partial charge on any atom is 0.269 e. The van der Waals surface area contributed by atoms with E-state index < -0.39 is 0 Å². The fraction of sp³-hybridized carbons (Fsp3) is 0. The van der Waals surface area contributed by atoms with Crippen molar-refractivity contribution in [3.8, 4) is 0 Å². The van der Waals surface area contributed by atoms with Crippen LogP contribution in [0.3, 0.4) is 0 Å². The Morgan fingerprint density at radius 3 is 2.00 bits per heavy atom. The van der Waals surface area contributed by atoms with Crippen LogP contribution in [0.4, 0.5) is 0 Å². The second-order valence-corrected chi connectivity index (χ2v) is 4.70. The lowest BCUT2D eigenvalue weighted by molar-refractivity contribution is 0.0846. The number of hydrazine groups is 1. The molecular formula is C14H11BrN2O2. The van der Waals surface area contributed by atoms with Gasteiger partial charge >= 0.3 is 0 Å². The molecule has 0 aromatic heterocycles. The van der Waals surface area contributed by atoms with Crippen LogP contribution in [0.2, 0.25) is 0 Å². The van der Waals surface area contributed by atoms with Gasteiger partial charge in [-0.1, -0.05) is 40.2 Å². The van der Waals surface area contributed by atoms with Gasteiger partial charge in [0.15, 0.2) is 0 Å². The lowest BCUT2D eigenvalue weighted by atomic mass is 10.2. The molecule has 0 saturated carbocycles. The van der Waals surface area contributed by atoms with Crippen LogP contribution >= 0.6 is 15.9 Å². The SMILES string of the molecule is O=C(NNC(=O)c1cccc(Br)c1)c1ccccc1. The van der Waals surface area contributed by atoms with Crippen LogP contribution in [0.25, 0.3) is 0 Å². The number of amides is 2. The molecule has 2 N–H and O–H groups in total. The van der Waals surface area contributed by atoms with E-state index in [1.54, 1.807) is 42.5 Å². The lowest BCUT2D eigenvalue weighted by Gasteiger charge is -2.07. The zero-order valence-corrected chi connectivity index (χ0v) is 11.5. The first-order valence-electron chi connectivity index (χ1n) is 5.58. The third-order valence-electron chi connectivity index (χ3n) is 2.41. The summed E-state index contributed by atoms with van der Waals surface area (Å²) >= 11 is 3.28. The molecule has 0 heterocycles. The van der Waals surface area contributed by atoms with Crippen molar-refractivity contribution in [2.45, 2.75) is 0 Å². The van der Waals surface area contributed by atoms with Gasteiger partial charge in [-0.15, -0.1) is 0 Å². The molecule has 0 aliphatic carbocycles. The predicted molar refractivity (Wildman–Crippen MR) is 75.5 cm³/mol. The Balaban J connectivity index is 1.96. The van der Waals surface area contributed by atoms with E-state index in [1.807, 2.05) is 12.1 Å². The Kier molecular flexibility index (Phi) is 4.30. The smallest absolute Gasteiger partial charge is 0.267 e. The van der Waals surface area contributed by atoms with Crippen molar-refractivity contribution < 1.29 is 9.59 Å². The summed E-state index contributed by atoms with van der Waals surface area (Å²) in [5, 5.41) is 0. The van der Waals surface area contributed by atoms with E-state index >= 15 is 0 Å². The number of rotatable bonds is 2. The van der Waals surface area contributed by atoms with E-state index in [0.29, 0.717) is 11.1 Å². The van der Waals surface area contributed by atoms with Crippen molar-refractivity contribution in [3.63, 3.8) is 0 Å². The summed E-state index contributed by atoms with van der Waals surface area (Å²) in [6.45, 7) is 0. The number of nitrogens with one attached hydrogen (secondary N) is 2. The normalized spacial score (nSPS) is 9.74. The fourth-order valence-corrected chi connectivity index (χ4v) is 1.88. The van der Waals surface area contributed by atoms with Crippen LogP contribution in [0.5, 0.6) is 0 Å². The quantitative estimate of drug-likeness (QED) is 0.836. The highest BCUT2D eigenvalue weighted by molar-refractivity contribution is 9.10. The van der Waals surface area contributed by atoms with Gasteiger partial charge in [0.25, 0.3) is 11.8 Å². The minimum atomic E-state index is -0.370. The molecule has 96 valence electrons. The van der Waals surface area contributed by atoms with E-state index in [0.717, 1.165) is 4.47 Å². The molecule has 2 amide bonds. The summed E-state index contributed by atoms with van der Waals surface area (Å²) < 4.78 is 0.800. The van der Waals surface area contributed by atoms with E-state index in [-0.39, 0.29) is 11.8 Å². The fourth-order valence-electron chi connectivity index (χ4n) is 1.48. The second kappa shape index (κ2) is 6.15. The first-order valence-corrected chi connectivity index (χ1v) is 6.37. The van der Waals surface area contributed by atoms with Crippen molar-refractivity contribution in [3.05, 3.63) is 70.2 Å². The molecule has 0 spiro atoms. The van der Waals surface area contributed by atoms with Gasteiger partial charge in [-0.2, -0.15) is 0 Å². The molecular weight excluding hydrogens is 308 g/mol. The first-order chi connectivity index (χ1) is 9.16. The van der Waals surface area contributed by atoms with Crippen LogP contribution in [0.15, 0.2) is 59.1 Å². The Bertz CT molecular complexity index is 599. The van der Waals surface area contributed by atoms with Crippen LogP contribution < -0.4 is 10.9 Å². The van der Waals surface area contributed by atoms with Crippen molar-refractivity contribution in [1.29, 1.82) is 0 Å². The maximum atomic E-state index is 11.8. The molecule has 2 rings (SSSR count). The number of benzene rings is 2. The maximum absolute atomic E-state index is 11.8. The van der Waals surface area contributed by atoms with E-state index in [1.165, 1.54) is 0 Å². The molecule has 0 aliphatic heterocycles. The summed E-state index contributed by atoms with van der Waals surface area (Å²) in [6.07, 6.45) is 0. The third kappa shape index (κ3) is 3.66. The average molecular weight is 319 g/mol. The van der Waals surface area contributed by atoms with Crippen LogP contribution in [-0.4, -0.2) is 11.8 Å². The van der Waals surface area contributed by atoms with Gasteiger partial charge in [-0.3, -0.25) is 20.4 Å². The van der Waals surface area contributed by atoms with Crippen molar-refractivity contribution in [2.24, 2.45) is 0 Å². The molecule has 0 saturated heterocycles. The minimum absolute atomic E-state index is 0.357. The lowest BCUT2D eigenvalue weighted by Crippen LogP contribution is -2.41. The first kappa shape index (κ1) is 13.3. The van der Waals surface area contributed by atoms with Gasteiger partial charge in [0.1, 0.15) is 0 Å². The van der Waals surface area contributed by atoms with Crippen molar-refractivity contribution in [2.75, 3.05) is 0 Å². The van der Waals surface area contributed by atoms with E-state index in [9.17, 15) is 9.59 Å². The molecule has 0 bridgehead atoms. The Hall–Kier alpha value is -2.14. The number of halogens is 1. The second-order valence-electron chi connectivity index (χ2n) is 3.78. The highest BCUT2D eigenvalue weighted by atomic mass is 79.9. The van der Waals surface area contributed by atoms with E-state index in [4.69, 9.17) is 0 Å². The molecule has 0 aliphatic rings. The zero-order valence-electron chi connectivity index (χ0n) is 9.89. The van der Waals surface area contributed by atoms with Gasteiger partial charge in [0.2, 0.25) is 0 Å². The van der Waals surface area contributed by atoms with Crippen molar-refractivity contribution in [1.82, 2.24) is 10.9 Å². The molecule has 0 fully saturated rings. The summed E-state index contributed by atoms with van der Waals surface area (Å²) in [5.74, 6) is -0.727. The van der Waals surface area contributed by atoms with Gasteiger partial charge < -0.3 is 0 Å². The number of carbonyl (C=O) groups is 2. The average Bonchev–Trinajstić information content (AvgIpc) is 2.45. The summed E-state index contributed by atoms with van der Waals surface area (Å²) in [5.41, 5.74) is 5.67. The molecule has 2 aromatic carbocycles. The molecule has 4 nitrogen and oxygen atoms in total. The molecule has 0 atom stereocenters. The highest BCUT2D eigenvalue weighted by Crippen LogP contribution is 2.11. The minimum Gasteiger partial charge on any atom is -0.267 e. The molecule has 0 radical (unpaired) electrons. The van der Waals surface area contributed by atoms with Gasteiger partial charge in [-0.25, -0.2) is 0 Å². The largest absolute Gasteiger partial charge is 0.269 e. The topological polar surface area (TPSA) is 58.2 Å². The molecule has 2 aromatic rings. The predicted octanol–water partition coefficient (Wildman–Crippen LogP) is 2.52.